The maximum Gasteiger partial charge on any atom is 0.258 e. The fourth-order valence-corrected chi connectivity index (χ4v) is 3.02. The van der Waals surface area contributed by atoms with E-state index < -0.39 is 0 Å². The van der Waals surface area contributed by atoms with Crippen LogP contribution in [0, 0.1) is 6.92 Å². The third-order valence-electron chi connectivity index (χ3n) is 4.79. The summed E-state index contributed by atoms with van der Waals surface area (Å²) in [6.07, 6.45) is 0. The van der Waals surface area contributed by atoms with E-state index in [0.29, 0.717) is 29.8 Å². The number of methoxy groups -OCH3 is 2. The SMILES string of the molecule is COc1cc(OC)cc(-c2nc(-c3ccc(OCc4ccccc4C)cc3)no2)c1. The average Bonchev–Trinajstić information content (AvgIpc) is 3.29. The smallest absolute Gasteiger partial charge is 0.258 e. The van der Waals surface area contributed by atoms with Crippen LogP contribution >= 0.6 is 0 Å². The second kappa shape index (κ2) is 8.69. The van der Waals surface area contributed by atoms with E-state index in [4.69, 9.17) is 18.7 Å². The van der Waals surface area contributed by atoms with Gasteiger partial charge in [0.15, 0.2) is 0 Å². The molecule has 1 heterocycles. The van der Waals surface area contributed by atoms with E-state index in [1.54, 1.807) is 20.3 Å². The number of nitrogens with zero attached hydrogens (tertiary/aromatic N) is 2. The molecule has 3 aromatic carbocycles. The number of aromatic nitrogens is 2. The Morgan fingerprint density at radius 1 is 0.800 bits per heavy atom. The van der Waals surface area contributed by atoms with E-state index in [1.165, 1.54) is 5.56 Å². The maximum atomic E-state index is 5.90. The summed E-state index contributed by atoms with van der Waals surface area (Å²) in [7, 11) is 3.20. The van der Waals surface area contributed by atoms with Gasteiger partial charge >= 0.3 is 0 Å². The summed E-state index contributed by atoms with van der Waals surface area (Å²) >= 11 is 0. The van der Waals surface area contributed by atoms with Crippen molar-refractivity contribution in [1.82, 2.24) is 10.1 Å². The molecule has 0 saturated carbocycles. The average molecular weight is 402 g/mol. The Morgan fingerprint density at radius 2 is 1.50 bits per heavy atom. The van der Waals surface area contributed by atoms with Crippen LogP contribution in [0.5, 0.6) is 17.2 Å². The van der Waals surface area contributed by atoms with Crippen LogP contribution in [0.2, 0.25) is 0 Å². The quantitative estimate of drug-likeness (QED) is 0.417. The van der Waals surface area contributed by atoms with Crippen molar-refractivity contribution in [3.8, 4) is 40.1 Å². The van der Waals surface area contributed by atoms with Crippen LogP contribution in [-0.4, -0.2) is 24.4 Å². The molecule has 6 heteroatoms. The molecule has 6 nitrogen and oxygen atoms in total. The van der Waals surface area contributed by atoms with E-state index in [0.717, 1.165) is 22.4 Å². The minimum Gasteiger partial charge on any atom is -0.497 e. The molecule has 0 saturated heterocycles. The van der Waals surface area contributed by atoms with Crippen molar-refractivity contribution in [3.05, 3.63) is 77.9 Å². The summed E-state index contributed by atoms with van der Waals surface area (Å²) in [5.74, 6) is 2.97. The Labute approximate surface area is 175 Å². The Kier molecular flexibility index (Phi) is 5.66. The maximum absolute atomic E-state index is 5.90. The number of hydrogen-bond donors (Lipinski definition) is 0. The predicted molar refractivity (Wildman–Crippen MR) is 114 cm³/mol. The van der Waals surface area contributed by atoms with Gasteiger partial charge in [-0.2, -0.15) is 4.98 Å². The number of benzene rings is 3. The highest BCUT2D eigenvalue weighted by Crippen LogP contribution is 2.30. The highest BCUT2D eigenvalue weighted by atomic mass is 16.5. The van der Waals surface area contributed by atoms with Crippen molar-refractivity contribution in [1.29, 1.82) is 0 Å². The minimum atomic E-state index is 0.391. The van der Waals surface area contributed by atoms with Gasteiger partial charge in [-0.3, -0.25) is 0 Å². The normalized spacial score (nSPS) is 10.6. The van der Waals surface area contributed by atoms with Crippen molar-refractivity contribution in [3.63, 3.8) is 0 Å². The van der Waals surface area contributed by atoms with Crippen LogP contribution in [0.15, 0.2) is 71.3 Å². The van der Waals surface area contributed by atoms with Gasteiger partial charge in [-0.05, 0) is 54.4 Å². The van der Waals surface area contributed by atoms with Gasteiger partial charge in [0.25, 0.3) is 5.89 Å². The van der Waals surface area contributed by atoms with Crippen LogP contribution < -0.4 is 14.2 Å². The Balaban J connectivity index is 1.49. The van der Waals surface area contributed by atoms with Crippen LogP contribution in [-0.2, 0) is 6.61 Å². The first-order valence-corrected chi connectivity index (χ1v) is 9.51. The number of hydrogen-bond acceptors (Lipinski definition) is 6. The lowest BCUT2D eigenvalue weighted by Crippen LogP contribution is -1.97. The molecule has 0 aliphatic heterocycles. The molecule has 0 aliphatic carbocycles. The van der Waals surface area contributed by atoms with Crippen molar-refractivity contribution >= 4 is 0 Å². The Hall–Kier alpha value is -3.80. The Bertz CT molecular complexity index is 1110. The Morgan fingerprint density at radius 3 is 2.17 bits per heavy atom. The summed E-state index contributed by atoms with van der Waals surface area (Å²) in [5, 5.41) is 4.10. The predicted octanol–water partition coefficient (Wildman–Crippen LogP) is 5.31. The first-order chi connectivity index (χ1) is 14.7. The summed E-state index contributed by atoms with van der Waals surface area (Å²) in [6, 6.07) is 21.2. The molecule has 0 bridgehead atoms. The first-order valence-electron chi connectivity index (χ1n) is 9.51. The molecule has 0 unspecified atom stereocenters. The zero-order valence-electron chi connectivity index (χ0n) is 17.1. The van der Waals surface area contributed by atoms with Crippen LogP contribution in [0.4, 0.5) is 0 Å². The number of rotatable bonds is 7. The van der Waals surface area contributed by atoms with Crippen molar-refractivity contribution in [2.24, 2.45) is 0 Å². The highest BCUT2D eigenvalue weighted by Gasteiger charge is 2.13. The molecule has 0 N–H and O–H groups in total. The van der Waals surface area contributed by atoms with E-state index in [1.807, 2.05) is 48.5 Å². The molecule has 0 atom stereocenters. The fourth-order valence-electron chi connectivity index (χ4n) is 3.02. The molecule has 0 aliphatic rings. The largest absolute Gasteiger partial charge is 0.497 e. The molecule has 0 radical (unpaired) electrons. The van der Waals surface area contributed by atoms with Gasteiger partial charge < -0.3 is 18.7 Å². The second-order valence-electron chi connectivity index (χ2n) is 6.76. The van der Waals surface area contributed by atoms with E-state index in [9.17, 15) is 0 Å². The molecule has 4 rings (SSSR count). The summed E-state index contributed by atoms with van der Waals surface area (Å²) in [5.41, 5.74) is 3.94. The third-order valence-corrected chi connectivity index (χ3v) is 4.79. The molecule has 0 amide bonds. The summed E-state index contributed by atoms with van der Waals surface area (Å²) in [6.45, 7) is 2.60. The summed E-state index contributed by atoms with van der Waals surface area (Å²) < 4.78 is 22.0. The fraction of sp³-hybridized carbons (Fsp3) is 0.167. The van der Waals surface area contributed by atoms with Gasteiger partial charge in [-0.1, -0.05) is 29.4 Å². The number of aryl methyl sites for hydroxylation is 1. The monoisotopic (exact) mass is 402 g/mol. The van der Waals surface area contributed by atoms with Crippen LogP contribution in [0.1, 0.15) is 11.1 Å². The van der Waals surface area contributed by atoms with Gasteiger partial charge in [0, 0.05) is 17.2 Å². The standard InChI is InChI=1S/C24H22N2O4/c1-16-6-4-5-7-18(16)15-29-20-10-8-17(9-11-20)23-25-24(30-26-23)19-12-21(27-2)14-22(13-19)28-3/h4-14H,15H2,1-3H3. The van der Waals surface area contributed by atoms with Gasteiger partial charge in [0.2, 0.25) is 5.82 Å². The molecule has 152 valence electrons. The molecule has 30 heavy (non-hydrogen) atoms. The molecule has 1 aromatic heterocycles. The third kappa shape index (κ3) is 4.27. The molecule has 4 aromatic rings. The van der Waals surface area contributed by atoms with Crippen LogP contribution in [0.3, 0.4) is 0 Å². The zero-order valence-corrected chi connectivity index (χ0v) is 17.1. The van der Waals surface area contributed by atoms with Gasteiger partial charge in [-0.15, -0.1) is 0 Å². The number of ether oxygens (including phenoxy) is 3. The molecule has 0 spiro atoms. The van der Waals surface area contributed by atoms with Gasteiger partial charge in [0.1, 0.15) is 23.9 Å². The molecule has 0 fully saturated rings. The lowest BCUT2D eigenvalue weighted by Gasteiger charge is -2.08. The van der Waals surface area contributed by atoms with Gasteiger partial charge in [-0.25, -0.2) is 0 Å². The van der Waals surface area contributed by atoms with Crippen molar-refractivity contribution in [2.75, 3.05) is 14.2 Å². The summed E-state index contributed by atoms with van der Waals surface area (Å²) in [4.78, 5) is 4.51. The van der Waals surface area contributed by atoms with E-state index in [-0.39, 0.29) is 0 Å². The van der Waals surface area contributed by atoms with Crippen LogP contribution in [0.25, 0.3) is 22.8 Å². The minimum absolute atomic E-state index is 0.391. The van der Waals surface area contributed by atoms with Gasteiger partial charge in [0.05, 0.1) is 14.2 Å². The molecular formula is C24H22N2O4. The lowest BCUT2D eigenvalue weighted by atomic mass is 10.1. The molecular weight excluding hydrogens is 380 g/mol. The van der Waals surface area contributed by atoms with E-state index in [2.05, 4.69) is 29.2 Å². The highest BCUT2D eigenvalue weighted by molar-refractivity contribution is 5.63. The topological polar surface area (TPSA) is 66.6 Å². The van der Waals surface area contributed by atoms with E-state index >= 15 is 0 Å². The van der Waals surface area contributed by atoms with Crippen molar-refractivity contribution in [2.45, 2.75) is 13.5 Å². The first kappa shape index (κ1) is 19.5. The zero-order chi connectivity index (χ0) is 20.9. The second-order valence-corrected chi connectivity index (χ2v) is 6.76. The lowest BCUT2D eigenvalue weighted by molar-refractivity contribution is 0.305. The van der Waals surface area contributed by atoms with Crippen molar-refractivity contribution < 1.29 is 18.7 Å².